The van der Waals surface area contributed by atoms with E-state index in [1.165, 1.54) is 0 Å². The van der Waals surface area contributed by atoms with Gasteiger partial charge in [-0.25, -0.2) is 0 Å². The molecule has 2 aromatic rings. The Bertz CT molecular complexity index is 1460. The quantitative estimate of drug-likeness (QED) is 0.318. The van der Waals surface area contributed by atoms with Gasteiger partial charge < -0.3 is 29.3 Å². The molecule has 7 atom stereocenters. The molecule has 246 valence electrons. The molecule has 3 amide bonds. The number of likely N-dealkylation sites (tertiary alicyclic amines) is 1. The molecule has 0 aliphatic carbocycles. The predicted octanol–water partition coefficient (Wildman–Crippen LogP) is 4.85. The minimum absolute atomic E-state index is 0.131. The van der Waals surface area contributed by atoms with Gasteiger partial charge in [0.15, 0.2) is 0 Å². The van der Waals surface area contributed by atoms with Crippen LogP contribution in [-0.2, 0) is 19.1 Å². The fourth-order valence-corrected chi connectivity index (χ4v) is 8.13. The molecule has 9 nitrogen and oxygen atoms in total. The minimum atomic E-state index is -1.27. The Balaban J connectivity index is 1.66. The van der Waals surface area contributed by atoms with Crippen LogP contribution >= 0.6 is 0 Å². The number of amides is 3. The van der Waals surface area contributed by atoms with Crippen LogP contribution in [0.15, 0.2) is 79.9 Å². The zero-order valence-electron chi connectivity index (χ0n) is 27.6. The number of aliphatic hydroxyl groups is 1. The Morgan fingerprint density at radius 1 is 1.04 bits per heavy atom. The van der Waals surface area contributed by atoms with E-state index < -0.39 is 35.1 Å². The summed E-state index contributed by atoms with van der Waals surface area (Å²) in [5.41, 5.74) is -0.954. The molecule has 46 heavy (non-hydrogen) atoms. The van der Waals surface area contributed by atoms with Crippen LogP contribution in [0.2, 0.25) is 0 Å². The highest BCUT2D eigenvalue weighted by Gasteiger charge is 2.80. The fraction of sp³-hybridized carbons (Fsp3) is 0.486. The Labute approximate surface area is 272 Å². The average Bonchev–Trinajstić information content (AvgIpc) is 3.57. The van der Waals surface area contributed by atoms with Crippen LogP contribution in [-0.4, -0.2) is 77.8 Å². The van der Waals surface area contributed by atoms with Gasteiger partial charge in [0.2, 0.25) is 11.8 Å². The third-order valence-electron chi connectivity index (χ3n) is 10.2. The molecule has 0 saturated carbocycles. The summed E-state index contributed by atoms with van der Waals surface area (Å²) in [5.74, 6) is -2.01. The maximum atomic E-state index is 15.0. The molecular weight excluding hydrogens is 582 g/mol. The minimum Gasteiger partial charge on any atom is -0.497 e. The predicted molar refractivity (Wildman–Crippen MR) is 178 cm³/mol. The molecule has 5 rings (SSSR count). The first-order chi connectivity index (χ1) is 22.0. The second kappa shape index (κ2) is 13.0. The summed E-state index contributed by atoms with van der Waals surface area (Å²) in [6.07, 6.45) is 4.22. The van der Waals surface area contributed by atoms with Crippen molar-refractivity contribution in [2.45, 2.75) is 63.8 Å². The number of anilines is 2. The van der Waals surface area contributed by atoms with Gasteiger partial charge in [0.1, 0.15) is 17.4 Å². The number of benzene rings is 2. The van der Waals surface area contributed by atoms with Gasteiger partial charge in [-0.15, -0.1) is 13.2 Å². The molecule has 3 aliphatic rings. The first-order valence-corrected chi connectivity index (χ1v) is 16.2. The summed E-state index contributed by atoms with van der Waals surface area (Å²) in [6, 6.07) is 14.8. The normalized spacial score (nSPS) is 28.6. The topological polar surface area (TPSA) is 99.6 Å². The van der Waals surface area contributed by atoms with E-state index in [9.17, 15) is 14.7 Å². The number of fused-ring (bicyclic) bond motifs is 1. The highest BCUT2D eigenvalue weighted by Crippen LogP contribution is 2.66. The lowest BCUT2D eigenvalue weighted by Crippen LogP contribution is -2.59. The van der Waals surface area contributed by atoms with Crippen LogP contribution in [0.3, 0.4) is 0 Å². The summed E-state index contributed by atoms with van der Waals surface area (Å²) >= 11 is 0. The number of ether oxygens (including phenoxy) is 2. The van der Waals surface area contributed by atoms with Crippen molar-refractivity contribution in [2.75, 3.05) is 36.6 Å². The van der Waals surface area contributed by atoms with Crippen molar-refractivity contribution >= 4 is 29.1 Å². The monoisotopic (exact) mass is 629 g/mol. The number of hydrogen-bond acceptors (Lipinski definition) is 6. The van der Waals surface area contributed by atoms with E-state index in [2.05, 4.69) is 13.2 Å². The number of rotatable bonds is 13. The van der Waals surface area contributed by atoms with Crippen LogP contribution in [0.5, 0.6) is 5.75 Å². The van der Waals surface area contributed by atoms with Gasteiger partial charge in [-0.05, 0) is 68.0 Å². The van der Waals surface area contributed by atoms with Gasteiger partial charge in [-0.3, -0.25) is 14.4 Å². The average molecular weight is 630 g/mol. The Morgan fingerprint density at radius 3 is 2.17 bits per heavy atom. The number of aliphatic hydroxyl groups excluding tert-OH is 1. The molecule has 3 heterocycles. The van der Waals surface area contributed by atoms with Gasteiger partial charge in [-0.2, -0.15) is 0 Å². The Kier molecular flexibility index (Phi) is 9.47. The smallest absolute Gasteiger partial charge is 0.253 e. The lowest BCUT2D eigenvalue weighted by Gasteiger charge is -2.40. The van der Waals surface area contributed by atoms with Gasteiger partial charge in [-0.1, -0.05) is 51.1 Å². The van der Waals surface area contributed by atoms with Crippen molar-refractivity contribution in [1.29, 1.82) is 0 Å². The van der Waals surface area contributed by atoms with Crippen LogP contribution in [0, 0.1) is 23.7 Å². The molecule has 2 aromatic carbocycles. The fourth-order valence-electron chi connectivity index (χ4n) is 8.13. The van der Waals surface area contributed by atoms with E-state index >= 15 is 4.79 Å². The first-order valence-electron chi connectivity index (χ1n) is 16.2. The molecule has 1 N–H and O–H groups in total. The van der Waals surface area contributed by atoms with E-state index in [-0.39, 0.29) is 49.3 Å². The second-order valence-electron chi connectivity index (χ2n) is 13.4. The SMILES string of the molecule is C=CCN(C(=O)C1N([C@@H](CO)CC(C)C)C(=O)[C@@H]2[C@H](C(=O)N(CC=C)c3ccccc3)[C@@]3(C)OC12CC3C)c1ccc(OC)cc1. The zero-order chi connectivity index (χ0) is 33.4. The molecule has 0 aromatic heterocycles. The number of hydrogen-bond donors (Lipinski definition) is 1. The van der Waals surface area contributed by atoms with Crippen molar-refractivity contribution in [3.05, 3.63) is 79.9 Å². The van der Waals surface area contributed by atoms with Crippen molar-refractivity contribution in [2.24, 2.45) is 23.7 Å². The Morgan fingerprint density at radius 2 is 1.63 bits per heavy atom. The summed E-state index contributed by atoms with van der Waals surface area (Å²) < 4.78 is 12.3. The van der Waals surface area contributed by atoms with Crippen LogP contribution < -0.4 is 14.5 Å². The molecule has 3 saturated heterocycles. The number of carbonyl (C=O) groups is 3. The van der Waals surface area contributed by atoms with Crippen molar-refractivity contribution in [3.63, 3.8) is 0 Å². The van der Waals surface area contributed by atoms with Gasteiger partial charge in [0.05, 0.1) is 37.2 Å². The largest absolute Gasteiger partial charge is 0.497 e. The van der Waals surface area contributed by atoms with Gasteiger partial charge in [0, 0.05) is 24.5 Å². The van der Waals surface area contributed by atoms with E-state index in [0.29, 0.717) is 30.0 Å². The van der Waals surface area contributed by atoms with E-state index in [4.69, 9.17) is 9.47 Å². The van der Waals surface area contributed by atoms with Crippen LogP contribution in [0.4, 0.5) is 11.4 Å². The molecule has 0 radical (unpaired) electrons. The first kappa shape index (κ1) is 33.4. The molecule has 3 unspecified atom stereocenters. The highest BCUT2D eigenvalue weighted by molar-refractivity contribution is 6.07. The van der Waals surface area contributed by atoms with E-state index in [1.807, 2.05) is 58.0 Å². The zero-order valence-corrected chi connectivity index (χ0v) is 27.6. The summed E-state index contributed by atoms with van der Waals surface area (Å²) in [5, 5.41) is 10.7. The molecule has 2 bridgehead atoms. The number of para-hydroxylation sites is 1. The molecular formula is C37H47N3O6. The summed E-state index contributed by atoms with van der Waals surface area (Å²) in [6.45, 7) is 15.9. The van der Waals surface area contributed by atoms with Crippen LogP contribution in [0.25, 0.3) is 0 Å². The van der Waals surface area contributed by atoms with Crippen LogP contribution in [0.1, 0.15) is 40.5 Å². The lowest BCUT2D eigenvalue weighted by molar-refractivity contribution is -0.149. The Hall–Kier alpha value is -3.95. The standard InChI is InChI=1S/C37H47N3O6/c1-8-19-38(26-13-11-10-12-14-26)33(42)30-31-34(43)40(28(23-41)21-24(3)4)32(37(31)22-25(5)36(30,6)46-37)35(44)39(20-9-2)27-15-17-29(45-7)18-16-27/h8-18,24-25,28,30-32,41H,1-2,19-23H2,3-7H3/t25?,28-,30-,31+,32?,36+,37?/m1/s1. The molecule has 1 spiro atoms. The highest BCUT2D eigenvalue weighted by atomic mass is 16.5. The van der Waals surface area contributed by atoms with Gasteiger partial charge in [0.25, 0.3) is 5.91 Å². The molecule has 3 fully saturated rings. The third-order valence-corrected chi connectivity index (χ3v) is 10.2. The number of methoxy groups -OCH3 is 1. The van der Waals surface area contributed by atoms with Crippen molar-refractivity contribution < 1.29 is 29.0 Å². The molecule has 9 heteroatoms. The lowest BCUT2D eigenvalue weighted by atomic mass is 9.62. The van der Waals surface area contributed by atoms with Crippen molar-refractivity contribution in [3.8, 4) is 5.75 Å². The maximum absolute atomic E-state index is 15.0. The summed E-state index contributed by atoms with van der Waals surface area (Å²) in [7, 11) is 1.58. The van der Waals surface area contributed by atoms with Crippen molar-refractivity contribution in [1.82, 2.24) is 4.90 Å². The third kappa shape index (κ3) is 5.33. The van der Waals surface area contributed by atoms with E-state index in [1.54, 1.807) is 58.2 Å². The van der Waals surface area contributed by atoms with E-state index in [0.717, 1.165) is 0 Å². The number of carbonyl (C=O) groups excluding carboxylic acids is 3. The summed E-state index contributed by atoms with van der Waals surface area (Å²) in [4.78, 5) is 49.4. The van der Waals surface area contributed by atoms with Gasteiger partial charge >= 0.3 is 0 Å². The number of nitrogens with zero attached hydrogens (tertiary/aromatic N) is 3. The second-order valence-corrected chi connectivity index (χ2v) is 13.4. The maximum Gasteiger partial charge on any atom is 0.253 e. The molecule has 3 aliphatic heterocycles.